The first kappa shape index (κ1) is 18.8. The van der Waals surface area contributed by atoms with E-state index in [4.69, 9.17) is 12.2 Å². The standard InChI is InChI=1S/C21H20N2O3S/c1-4-15-7-5-6-8-17(15)23-20(26)16(19(25)22-21(23)27)11-14-9-12(2)18(24)13(3)10-14/h5-11,24H,4H2,1-3H3,(H,22,25,27). The van der Waals surface area contributed by atoms with Gasteiger partial charge >= 0.3 is 0 Å². The summed E-state index contributed by atoms with van der Waals surface area (Å²) in [6.45, 7) is 5.53. The monoisotopic (exact) mass is 380 g/mol. The highest BCUT2D eigenvalue weighted by molar-refractivity contribution is 7.80. The molecule has 0 saturated carbocycles. The van der Waals surface area contributed by atoms with Gasteiger partial charge in [0.05, 0.1) is 5.69 Å². The molecule has 0 aliphatic carbocycles. The lowest BCUT2D eigenvalue weighted by Crippen LogP contribution is -2.54. The van der Waals surface area contributed by atoms with Crippen molar-refractivity contribution in [1.29, 1.82) is 0 Å². The van der Waals surface area contributed by atoms with Crippen molar-refractivity contribution < 1.29 is 14.7 Å². The number of carbonyl (C=O) groups is 2. The Bertz CT molecular complexity index is 972. The number of carbonyl (C=O) groups excluding carboxylic acids is 2. The fraction of sp³-hybridized carbons (Fsp3) is 0.190. The molecule has 0 unspecified atom stereocenters. The highest BCUT2D eigenvalue weighted by atomic mass is 32.1. The summed E-state index contributed by atoms with van der Waals surface area (Å²) in [5.74, 6) is -0.789. The van der Waals surface area contributed by atoms with Gasteiger partial charge < -0.3 is 5.11 Å². The summed E-state index contributed by atoms with van der Waals surface area (Å²) in [4.78, 5) is 26.9. The number of aromatic hydroxyl groups is 1. The molecule has 2 aromatic carbocycles. The first-order chi connectivity index (χ1) is 12.8. The summed E-state index contributed by atoms with van der Waals surface area (Å²) in [5.41, 5.74) is 3.64. The molecule has 1 aliphatic rings. The molecule has 138 valence electrons. The number of amides is 2. The van der Waals surface area contributed by atoms with Gasteiger partial charge in [-0.1, -0.05) is 25.1 Å². The lowest BCUT2D eigenvalue weighted by atomic mass is 10.0. The summed E-state index contributed by atoms with van der Waals surface area (Å²) in [7, 11) is 0. The van der Waals surface area contributed by atoms with Gasteiger partial charge in [-0.25, -0.2) is 0 Å². The van der Waals surface area contributed by atoms with Gasteiger partial charge in [-0.3, -0.25) is 19.8 Å². The number of para-hydroxylation sites is 1. The summed E-state index contributed by atoms with van der Waals surface area (Å²) in [6, 6.07) is 10.9. The summed E-state index contributed by atoms with van der Waals surface area (Å²) < 4.78 is 0. The second-order valence-electron chi connectivity index (χ2n) is 6.44. The average molecular weight is 380 g/mol. The molecule has 1 fully saturated rings. The van der Waals surface area contributed by atoms with Crippen molar-refractivity contribution in [3.63, 3.8) is 0 Å². The Morgan fingerprint density at radius 1 is 1.15 bits per heavy atom. The Morgan fingerprint density at radius 3 is 2.41 bits per heavy atom. The van der Waals surface area contributed by atoms with Crippen molar-refractivity contribution in [3.05, 3.63) is 64.2 Å². The minimum Gasteiger partial charge on any atom is -0.507 e. The van der Waals surface area contributed by atoms with Crippen LogP contribution in [0.4, 0.5) is 5.69 Å². The molecule has 0 spiro atoms. The smallest absolute Gasteiger partial charge is 0.270 e. The van der Waals surface area contributed by atoms with Gasteiger partial charge in [-0.2, -0.15) is 0 Å². The number of phenols is 1. The summed E-state index contributed by atoms with van der Waals surface area (Å²) >= 11 is 5.26. The van der Waals surface area contributed by atoms with E-state index in [1.54, 1.807) is 26.0 Å². The van der Waals surface area contributed by atoms with E-state index in [9.17, 15) is 14.7 Å². The zero-order valence-corrected chi connectivity index (χ0v) is 16.2. The number of phenolic OH excluding ortho intramolecular Hbond substituents is 1. The minimum atomic E-state index is -0.529. The maximum atomic E-state index is 13.1. The highest BCUT2D eigenvalue weighted by Gasteiger charge is 2.35. The Labute approximate surface area is 163 Å². The quantitative estimate of drug-likeness (QED) is 0.486. The van der Waals surface area contributed by atoms with E-state index in [2.05, 4.69) is 5.32 Å². The van der Waals surface area contributed by atoms with Gasteiger partial charge in [0.25, 0.3) is 11.8 Å². The van der Waals surface area contributed by atoms with Crippen LogP contribution in [0.3, 0.4) is 0 Å². The third-order valence-electron chi connectivity index (χ3n) is 4.54. The van der Waals surface area contributed by atoms with Gasteiger partial charge in [0.2, 0.25) is 0 Å². The molecule has 3 rings (SSSR count). The third kappa shape index (κ3) is 3.48. The topological polar surface area (TPSA) is 69.6 Å². The lowest BCUT2D eigenvalue weighted by molar-refractivity contribution is -0.122. The van der Waals surface area contributed by atoms with Crippen LogP contribution in [0, 0.1) is 13.8 Å². The third-order valence-corrected chi connectivity index (χ3v) is 4.82. The number of anilines is 1. The van der Waals surface area contributed by atoms with Crippen molar-refractivity contribution in [3.8, 4) is 5.75 Å². The van der Waals surface area contributed by atoms with E-state index in [1.807, 2.05) is 31.2 Å². The molecular formula is C21H20N2O3S. The van der Waals surface area contributed by atoms with Gasteiger partial charge in [0.1, 0.15) is 11.3 Å². The fourth-order valence-electron chi connectivity index (χ4n) is 3.14. The first-order valence-electron chi connectivity index (χ1n) is 8.63. The van der Waals surface area contributed by atoms with Crippen LogP contribution in [-0.2, 0) is 16.0 Å². The van der Waals surface area contributed by atoms with Gasteiger partial charge in [0.15, 0.2) is 5.11 Å². The number of rotatable bonds is 3. The molecule has 0 atom stereocenters. The maximum absolute atomic E-state index is 13.1. The second-order valence-corrected chi connectivity index (χ2v) is 6.83. The molecular weight excluding hydrogens is 360 g/mol. The molecule has 2 amide bonds. The molecule has 5 nitrogen and oxygen atoms in total. The van der Waals surface area contributed by atoms with Crippen molar-refractivity contribution in [1.82, 2.24) is 5.32 Å². The maximum Gasteiger partial charge on any atom is 0.270 e. The SMILES string of the molecule is CCc1ccccc1N1C(=O)C(=Cc2cc(C)c(O)c(C)c2)C(=O)NC1=S. The Balaban J connectivity index is 2.08. The van der Waals surface area contributed by atoms with Crippen molar-refractivity contribution >= 4 is 40.9 Å². The second kappa shape index (κ2) is 7.32. The Hall–Kier alpha value is -2.99. The van der Waals surface area contributed by atoms with Gasteiger partial charge in [-0.15, -0.1) is 0 Å². The Kier molecular flexibility index (Phi) is 5.10. The molecule has 1 heterocycles. The van der Waals surface area contributed by atoms with Crippen molar-refractivity contribution in [2.75, 3.05) is 4.90 Å². The molecule has 0 radical (unpaired) electrons. The molecule has 6 heteroatoms. The number of hydrogen-bond donors (Lipinski definition) is 2. The van der Waals surface area contributed by atoms with E-state index in [-0.39, 0.29) is 16.4 Å². The molecule has 0 bridgehead atoms. The van der Waals surface area contributed by atoms with Crippen molar-refractivity contribution in [2.45, 2.75) is 27.2 Å². The van der Waals surface area contributed by atoms with Crippen LogP contribution in [0.15, 0.2) is 42.0 Å². The highest BCUT2D eigenvalue weighted by Crippen LogP contribution is 2.28. The minimum absolute atomic E-state index is 0.000930. The largest absolute Gasteiger partial charge is 0.507 e. The average Bonchev–Trinajstić information content (AvgIpc) is 2.63. The molecule has 2 aromatic rings. The molecule has 2 N–H and O–H groups in total. The number of nitrogens with zero attached hydrogens (tertiary/aromatic N) is 1. The van der Waals surface area contributed by atoms with Gasteiger partial charge in [-0.05, 0) is 79.0 Å². The molecule has 27 heavy (non-hydrogen) atoms. The fourth-order valence-corrected chi connectivity index (χ4v) is 3.42. The van der Waals surface area contributed by atoms with E-state index >= 15 is 0 Å². The summed E-state index contributed by atoms with van der Waals surface area (Å²) in [5, 5.41) is 12.6. The van der Waals surface area contributed by atoms with Gasteiger partial charge in [0, 0.05) is 0 Å². The zero-order valence-electron chi connectivity index (χ0n) is 15.4. The van der Waals surface area contributed by atoms with Crippen molar-refractivity contribution in [2.24, 2.45) is 0 Å². The van der Waals surface area contributed by atoms with Crippen LogP contribution < -0.4 is 10.2 Å². The number of thiocarbonyl (C=S) groups is 1. The van der Waals surface area contributed by atoms with Crippen LogP contribution in [-0.4, -0.2) is 22.0 Å². The lowest BCUT2D eigenvalue weighted by Gasteiger charge is -2.30. The van der Waals surface area contributed by atoms with Crippen LogP contribution >= 0.6 is 12.2 Å². The predicted molar refractivity (Wildman–Crippen MR) is 110 cm³/mol. The zero-order chi connectivity index (χ0) is 19.7. The number of aryl methyl sites for hydroxylation is 3. The molecule has 1 aliphatic heterocycles. The van der Waals surface area contributed by atoms with E-state index < -0.39 is 11.8 Å². The molecule has 1 saturated heterocycles. The predicted octanol–water partition coefficient (Wildman–Crippen LogP) is 3.40. The number of nitrogens with one attached hydrogen (secondary N) is 1. The van der Waals surface area contributed by atoms with E-state index in [1.165, 1.54) is 11.0 Å². The molecule has 0 aromatic heterocycles. The van der Waals surface area contributed by atoms with Crippen LogP contribution in [0.2, 0.25) is 0 Å². The normalized spacial score (nSPS) is 16.0. The van der Waals surface area contributed by atoms with Crippen LogP contribution in [0.1, 0.15) is 29.2 Å². The summed E-state index contributed by atoms with van der Waals surface area (Å²) in [6.07, 6.45) is 2.26. The van der Waals surface area contributed by atoms with E-state index in [0.717, 1.165) is 12.0 Å². The number of hydrogen-bond acceptors (Lipinski definition) is 4. The van der Waals surface area contributed by atoms with Crippen LogP contribution in [0.5, 0.6) is 5.75 Å². The first-order valence-corrected chi connectivity index (χ1v) is 9.04. The van der Waals surface area contributed by atoms with Crippen LogP contribution in [0.25, 0.3) is 6.08 Å². The van der Waals surface area contributed by atoms with E-state index in [0.29, 0.717) is 22.4 Å². The number of benzene rings is 2. The Morgan fingerprint density at radius 2 is 1.78 bits per heavy atom.